The third-order valence-corrected chi connectivity index (χ3v) is 5.92. The van der Waals surface area contributed by atoms with Gasteiger partial charge in [-0.2, -0.15) is 0 Å². The largest absolute Gasteiger partial charge is 0.508 e. The molecule has 0 aliphatic rings. The van der Waals surface area contributed by atoms with Crippen LogP contribution in [0.25, 0.3) is 10.8 Å². The second-order valence-electron chi connectivity index (χ2n) is 3.74. The fraction of sp³-hybridized carbons (Fsp3) is 0.154. The van der Waals surface area contributed by atoms with Gasteiger partial charge in [-0.3, -0.25) is 4.79 Å². The Labute approximate surface area is 132 Å². The van der Waals surface area contributed by atoms with E-state index in [0.29, 0.717) is 5.75 Å². The minimum Gasteiger partial charge on any atom is -0.508 e. The smallest absolute Gasteiger partial charge is 0.325 e. The number of fused-ring (bicyclic) bond motifs is 1. The van der Waals surface area contributed by atoms with Gasteiger partial charge in [0.1, 0.15) is 15.4 Å². The van der Waals surface area contributed by atoms with Crippen LogP contribution in [0.5, 0.6) is 11.5 Å². The molecule has 1 N–H and O–H groups in total. The lowest BCUT2D eigenvalue weighted by Gasteiger charge is -2.08. The molecule has 2 aromatic carbocycles. The molecule has 0 fully saturated rings. The molecule has 18 heavy (non-hydrogen) atoms. The van der Waals surface area contributed by atoms with Crippen molar-refractivity contribution in [1.82, 2.24) is 0 Å². The van der Waals surface area contributed by atoms with Crippen molar-refractivity contribution in [2.45, 2.75) is 3.92 Å². The number of esters is 1. The molecule has 0 bridgehead atoms. The Hall–Kier alpha value is -0.570. The van der Waals surface area contributed by atoms with Crippen LogP contribution >= 0.6 is 45.2 Å². The molecule has 0 amide bonds. The minimum absolute atomic E-state index is 0.140. The maximum atomic E-state index is 11.7. The second kappa shape index (κ2) is 6.05. The molecule has 0 spiro atoms. The Morgan fingerprint density at radius 1 is 1.22 bits per heavy atom. The summed E-state index contributed by atoms with van der Waals surface area (Å²) in [7, 11) is 0. The lowest BCUT2D eigenvalue weighted by Crippen LogP contribution is -2.21. The molecule has 0 radical (unpaired) electrons. The van der Waals surface area contributed by atoms with E-state index in [1.54, 1.807) is 30.3 Å². The van der Waals surface area contributed by atoms with Crippen LogP contribution in [0, 0.1) is 0 Å². The number of halogens is 2. The summed E-state index contributed by atoms with van der Waals surface area (Å²) >= 11 is 4.22. The molecule has 1 atom stereocenters. The predicted octanol–water partition coefficient (Wildman–Crippen LogP) is 3.69. The van der Waals surface area contributed by atoms with E-state index in [9.17, 15) is 9.90 Å². The molecule has 94 valence electrons. The van der Waals surface area contributed by atoms with Gasteiger partial charge >= 0.3 is 5.97 Å². The van der Waals surface area contributed by atoms with Crippen LogP contribution in [-0.4, -0.2) is 19.4 Å². The second-order valence-corrected chi connectivity index (χ2v) is 6.12. The van der Waals surface area contributed by atoms with Crippen molar-refractivity contribution >= 4 is 61.9 Å². The topological polar surface area (TPSA) is 46.5 Å². The standard InChI is InChI=1S/C13H10I2O3/c14-7-12(15)13(17)18-11-4-2-8-5-10(16)3-1-9(8)6-11/h1-6,12,16H,7H2/t12-/m0/s1. The minimum atomic E-state index is -0.233. The molecule has 0 aliphatic heterocycles. The van der Waals surface area contributed by atoms with Crippen LogP contribution in [0.4, 0.5) is 0 Å². The van der Waals surface area contributed by atoms with E-state index >= 15 is 0 Å². The number of alkyl halides is 2. The first-order valence-electron chi connectivity index (χ1n) is 5.24. The first-order valence-corrected chi connectivity index (χ1v) is 8.02. The highest BCUT2D eigenvalue weighted by molar-refractivity contribution is 14.1. The normalized spacial score (nSPS) is 12.3. The Kier molecular flexibility index (Phi) is 4.66. The summed E-state index contributed by atoms with van der Waals surface area (Å²) in [5, 5.41) is 11.2. The number of carbonyl (C=O) groups is 1. The summed E-state index contributed by atoms with van der Waals surface area (Å²) in [5.41, 5.74) is 0. The van der Waals surface area contributed by atoms with Crippen molar-refractivity contribution in [3.63, 3.8) is 0 Å². The maximum absolute atomic E-state index is 11.7. The summed E-state index contributed by atoms with van der Waals surface area (Å²) < 4.78 is 5.87. The molecule has 3 nitrogen and oxygen atoms in total. The molecule has 2 rings (SSSR count). The Bertz CT molecular complexity index is 583. The fourth-order valence-corrected chi connectivity index (χ4v) is 2.00. The fourth-order valence-electron chi connectivity index (χ4n) is 1.52. The van der Waals surface area contributed by atoms with Crippen LogP contribution in [0.3, 0.4) is 0 Å². The van der Waals surface area contributed by atoms with Crippen molar-refractivity contribution < 1.29 is 14.6 Å². The lowest BCUT2D eigenvalue weighted by molar-refractivity contribution is -0.132. The Balaban J connectivity index is 2.25. The highest BCUT2D eigenvalue weighted by atomic mass is 127. The van der Waals surface area contributed by atoms with Gasteiger partial charge in [-0.25, -0.2) is 0 Å². The molecule has 0 aliphatic carbocycles. The van der Waals surface area contributed by atoms with E-state index in [4.69, 9.17) is 4.74 Å². The van der Waals surface area contributed by atoms with Crippen LogP contribution < -0.4 is 4.74 Å². The lowest BCUT2D eigenvalue weighted by atomic mass is 10.1. The van der Waals surface area contributed by atoms with Gasteiger partial charge in [0.05, 0.1) is 0 Å². The summed E-state index contributed by atoms with van der Waals surface area (Å²) in [5.74, 6) is 0.525. The van der Waals surface area contributed by atoms with Crippen LogP contribution in [-0.2, 0) is 4.79 Å². The number of phenols is 1. The van der Waals surface area contributed by atoms with Gasteiger partial charge < -0.3 is 9.84 Å². The van der Waals surface area contributed by atoms with E-state index in [1.165, 1.54) is 0 Å². The molecule has 0 saturated heterocycles. The number of hydrogen-bond donors (Lipinski definition) is 1. The highest BCUT2D eigenvalue weighted by Gasteiger charge is 2.15. The third-order valence-electron chi connectivity index (χ3n) is 2.40. The van der Waals surface area contributed by atoms with Crippen LogP contribution in [0.1, 0.15) is 0 Å². The molecular weight excluding hydrogens is 458 g/mol. The summed E-state index contributed by atoms with van der Waals surface area (Å²) in [6.45, 7) is 0. The quantitative estimate of drug-likeness (QED) is 0.324. The van der Waals surface area contributed by atoms with E-state index in [2.05, 4.69) is 45.2 Å². The van der Waals surface area contributed by atoms with Crippen molar-refractivity contribution in [2.75, 3.05) is 4.43 Å². The molecule has 2 aromatic rings. The number of phenolic OH excluding ortho intramolecular Hbond substituents is 1. The van der Waals surface area contributed by atoms with Gasteiger partial charge in [-0.15, -0.1) is 0 Å². The number of benzene rings is 2. The Morgan fingerprint density at radius 3 is 2.61 bits per heavy atom. The van der Waals surface area contributed by atoms with E-state index in [1.807, 2.05) is 6.07 Å². The number of carbonyl (C=O) groups excluding carboxylic acids is 1. The van der Waals surface area contributed by atoms with Crippen molar-refractivity contribution in [2.24, 2.45) is 0 Å². The zero-order valence-electron chi connectivity index (χ0n) is 9.27. The van der Waals surface area contributed by atoms with Crippen molar-refractivity contribution in [3.8, 4) is 11.5 Å². The van der Waals surface area contributed by atoms with Gasteiger partial charge in [-0.1, -0.05) is 57.3 Å². The van der Waals surface area contributed by atoms with Gasteiger partial charge in [0.15, 0.2) is 0 Å². The van der Waals surface area contributed by atoms with Crippen LogP contribution in [0.2, 0.25) is 0 Å². The number of ether oxygens (including phenoxy) is 1. The van der Waals surface area contributed by atoms with Gasteiger partial charge in [0.25, 0.3) is 0 Å². The molecule has 0 unspecified atom stereocenters. The first-order chi connectivity index (χ1) is 8.60. The average molecular weight is 468 g/mol. The molecule has 0 aromatic heterocycles. The van der Waals surface area contributed by atoms with Gasteiger partial charge in [0.2, 0.25) is 0 Å². The van der Waals surface area contributed by atoms with Crippen molar-refractivity contribution in [1.29, 1.82) is 0 Å². The summed E-state index contributed by atoms with van der Waals surface area (Å²) in [6.07, 6.45) is 0. The zero-order chi connectivity index (χ0) is 13.1. The zero-order valence-corrected chi connectivity index (χ0v) is 13.6. The van der Waals surface area contributed by atoms with E-state index < -0.39 is 0 Å². The molecular formula is C13H10I2O3. The third kappa shape index (κ3) is 3.25. The van der Waals surface area contributed by atoms with Gasteiger partial charge in [-0.05, 0) is 35.0 Å². The molecule has 0 heterocycles. The SMILES string of the molecule is O=C(Oc1ccc2cc(O)ccc2c1)[C@@H](I)CI. The van der Waals surface area contributed by atoms with E-state index in [-0.39, 0.29) is 15.6 Å². The summed E-state index contributed by atoms with van der Waals surface area (Å²) in [6, 6.07) is 10.4. The number of hydrogen-bond acceptors (Lipinski definition) is 3. The van der Waals surface area contributed by atoms with Crippen molar-refractivity contribution in [3.05, 3.63) is 36.4 Å². The Morgan fingerprint density at radius 2 is 1.89 bits per heavy atom. The highest BCUT2D eigenvalue weighted by Crippen LogP contribution is 2.24. The van der Waals surface area contributed by atoms with Gasteiger partial charge in [0, 0.05) is 4.43 Å². The number of rotatable bonds is 3. The maximum Gasteiger partial charge on any atom is 0.325 e. The van der Waals surface area contributed by atoms with E-state index in [0.717, 1.165) is 15.2 Å². The first kappa shape index (κ1) is 13.9. The van der Waals surface area contributed by atoms with Crippen LogP contribution in [0.15, 0.2) is 36.4 Å². The predicted molar refractivity (Wildman–Crippen MR) is 87.9 cm³/mol. The molecule has 0 saturated carbocycles. The monoisotopic (exact) mass is 468 g/mol. The molecule has 5 heteroatoms. The number of aromatic hydroxyl groups is 1. The summed E-state index contributed by atoms with van der Waals surface area (Å²) in [4.78, 5) is 11.7. The average Bonchev–Trinajstić information content (AvgIpc) is 2.38.